The molecule has 0 spiro atoms. The standard InChI is InChI=1S/C13H26ClNO/c1-12(5-8-14)6-10-15-9-3-2-4-13(15)7-11-16/h12-13,16H,2-11H2,1H3. The average molecular weight is 248 g/mol. The highest BCUT2D eigenvalue weighted by atomic mass is 35.5. The maximum absolute atomic E-state index is 9.05. The van der Waals surface area contributed by atoms with E-state index in [0.717, 1.165) is 24.6 Å². The van der Waals surface area contributed by atoms with Crippen LogP contribution in [0, 0.1) is 5.92 Å². The molecule has 0 aromatic carbocycles. The third-order valence-electron chi connectivity index (χ3n) is 3.72. The highest BCUT2D eigenvalue weighted by Gasteiger charge is 2.21. The van der Waals surface area contributed by atoms with Crippen molar-refractivity contribution < 1.29 is 5.11 Å². The van der Waals surface area contributed by atoms with Gasteiger partial charge in [-0.25, -0.2) is 0 Å². The molecular weight excluding hydrogens is 222 g/mol. The topological polar surface area (TPSA) is 23.5 Å². The first kappa shape index (κ1) is 14.3. The molecular formula is C13H26ClNO. The summed E-state index contributed by atoms with van der Waals surface area (Å²) in [6, 6.07) is 0.627. The average Bonchev–Trinajstić information content (AvgIpc) is 2.29. The van der Waals surface area contributed by atoms with Crippen molar-refractivity contribution in [3.63, 3.8) is 0 Å². The van der Waals surface area contributed by atoms with E-state index < -0.39 is 0 Å². The van der Waals surface area contributed by atoms with Gasteiger partial charge >= 0.3 is 0 Å². The van der Waals surface area contributed by atoms with Crippen LogP contribution >= 0.6 is 11.6 Å². The second kappa shape index (κ2) is 8.32. The van der Waals surface area contributed by atoms with Crippen molar-refractivity contribution in [2.24, 2.45) is 5.92 Å². The number of alkyl halides is 1. The predicted molar refractivity (Wildman–Crippen MR) is 70.0 cm³/mol. The Morgan fingerprint density at radius 2 is 2.19 bits per heavy atom. The van der Waals surface area contributed by atoms with Crippen LogP contribution < -0.4 is 0 Å². The van der Waals surface area contributed by atoms with Gasteiger partial charge in [-0.1, -0.05) is 13.3 Å². The zero-order valence-electron chi connectivity index (χ0n) is 10.5. The van der Waals surface area contributed by atoms with Crippen LogP contribution in [-0.4, -0.2) is 41.6 Å². The fourth-order valence-corrected chi connectivity index (χ4v) is 2.92. The van der Waals surface area contributed by atoms with Crippen molar-refractivity contribution in [1.82, 2.24) is 4.90 Å². The van der Waals surface area contributed by atoms with Crippen molar-refractivity contribution in [3.8, 4) is 0 Å². The van der Waals surface area contributed by atoms with Crippen LogP contribution in [0.25, 0.3) is 0 Å². The van der Waals surface area contributed by atoms with Crippen LogP contribution in [-0.2, 0) is 0 Å². The van der Waals surface area contributed by atoms with Crippen LogP contribution in [0.1, 0.15) is 45.4 Å². The molecule has 1 N–H and O–H groups in total. The summed E-state index contributed by atoms with van der Waals surface area (Å²) in [5, 5.41) is 9.05. The number of rotatable bonds is 7. The quantitative estimate of drug-likeness (QED) is 0.700. The molecule has 1 rings (SSSR count). The Hall–Kier alpha value is 0.210. The number of aliphatic hydroxyl groups excluding tert-OH is 1. The molecule has 2 nitrogen and oxygen atoms in total. The van der Waals surface area contributed by atoms with E-state index in [4.69, 9.17) is 16.7 Å². The highest BCUT2D eigenvalue weighted by molar-refractivity contribution is 6.17. The Kier molecular flexibility index (Phi) is 7.42. The summed E-state index contributed by atoms with van der Waals surface area (Å²) in [5.41, 5.74) is 0. The van der Waals surface area contributed by atoms with Gasteiger partial charge in [0.25, 0.3) is 0 Å². The summed E-state index contributed by atoms with van der Waals surface area (Å²) in [6.45, 7) is 5.02. The second-order valence-corrected chi connectivity index (χ2v) is 5.45. The molecule has 0 aromatic rings. The van der Waals surface area contributed by atoms with Crippen molar-refractivity contribution >= 4 is 11.6 Å². The summed E-state index contributed by atoms with van der Waals surface area (Å²) < 4.78 is 0. The summed E-state index contributed by atoms with van der Waals surface area (Å²) in [7, 11) is 0. The van der Waals surface area contributed by atoms with Crippen molar-refractivity contribution in [2.45, 2.75) is 51.5 Å². The minimum absolute atomic E-state index is 0.332. The maximum Gasteiger partial charge on any atom is 0.0445 e. The minimum Gasteiger partial charge on any atom is -0.396 e. The Morgan fingerprint density at radius 3 is 2.88 bits per heavy atom. The number of nitrogens with zero attached hydrogens (tertiary/aromatic N) is 1. The molecule has 0 radical (unpaired) electrons. The molecule has 16 heavy (non-hydrogen) atoms. The maximum atomic E-state index is 9.05. The third-order valence-corrected chi connectivity index (χ3v) is 3.94. The molecule has 0 amide bonds. The van der Waals surface area contributed by atoms with Gasteiger partial charge in [-0.2, -0.15) is 0 Å². The molecule has 96 valence electrons. The van der Waals surface area contributed by atoms with E-state index in [-0.39, 0.29) is 0 Å². The number of aliphatic hydroxyl groups is 1. The summed E-state index contributed by atoms with van der Waals surface area (Å²) in [4.78, 5) is 2.57. The summed E-state index contributed by atoms with van der Waals surface area (Å²) in [5.74, 6) is 1.51. The molecule has 1 aliphatic heterocycles. The lowest BCUT2D eigenvalue weighted by Crippen LogP contribution is -2.41. The Balaban J connectivity index is 2.26. The van der Waals surface area contributed by atoms with Gasteiger partial charge in [0.1, 0.15) is 0 Å². The van der Waals surface area contributed by atoms with Crippen LogP contribution in [0.3, 0.4) is 0 Å². The summed E-state index contributed by atoms with van der Waals surface area (Å²) in [6.07, 6.45) is 7.24. The predicted octanol–water partition coefficient (Wildman–Crippen LogP) is 2.88. The highest BCUT2D eigenvalue weighted by Crippen LogP contribution is 2.21. The lowest BCUT2D eigenvalue weighted by atomic mass is 9.97. The largest absolute Gasteiger partial charge is 0.396 e. The fourth-order valence-electron chi connectivity index (χ4n) is 2.55. The number of hydrogen-bond donors (Lipinski definition) is 1. The number of hydrogen-bond acceptors (Lipinski definition) is 2. The molecule has 1 fully saturated rings. The van der Waals surface area contributed by atoms with Gasteiger partial charge in [0, 0.05) is 18.5 Å². The van der Waals surface area contributed by atoms with Crippen LogP contribution in [0.5, 0.6) is 0 Å². The van der Waals surface area contributed by atoms with Crippen molar-refractivity contribution in [3.05, 3.63) is 0 Å². The van der Waals surface area contributed by atoms with Gasteiger partial charge in [-0.15, -0.1) is 11.6 Å². The fraction of sp³-hybridized carbons (Fsp3) is 1.00. The molecule has 2 unspecified atom stereocenters. The first-order valence-electron chi connectivity index (χ1n) is 6.68. The van der Waals surface area contributed by atoms with E-state index >= 15 is 0 Å². The Labute approximate surface area is 105 Å². The van der Waals surface area contributed by atoms with E-state index in [1.807, 2.05) is 0 Å². The molecule has 0 aromatic heterocycles. The molecule has 3 heteroatoms. The molecule has 1 aliphatic rings. The van der Waals surface area contributed by atoms with Gasteiger partial charge in [-0.3, -0.25) is 0 Å². The van der Waals surface area contributed by atoms with Gasteiger partial charge in [0.15, 0.2) is 0 Å². The first-order valence-corrected chi connectivity index (χ1v) is 7.22. The Bertz CT molecular complexity index is 175. The SMILES string of the molecule is CC(CCCl)CCN1CCCCC1CCO. The lowest BCUT2D eigenvalue weighted by molar-refractivity contribution is 0.113. The van der Waals surface area contributed by atoms with Crippen LogP contribution in [0.15, 0.2) is 0 Å². The smallest absolute Gasteiger partial charge is 0.0445 e. The van der Waals surface area contributed by atoms with E-state index in [9.17, 15) is 0 Å². The second-order valence-electron chi connectivity index (χ2n) is 5.07. The van der Waals surface area contributed by atoms with Gasteiger partial charge in [-0.05, 0) is 51.1 Å². The number of halogens is 1. The zero-order chi connectivity index (χ0) is 11.8. The minimum atomic E-state index is 0.332. The van der Waals surface area contributed by atoms with E-state index in [1.165, 1.54) is 38.8 Å². The summed E-state index contributed by atoms with van der Waals surface area (Å²) >= 11 is 5.75. The van der Waals surface area contributed by atoms with Gasteiger partial charge in [0.2, 0.25) is 0 Å². The van der Waals surface area contributed by atoms with Gasteiger partial charge < -0.3 is 10.0 Å². The Morgan fingerprint density at radius 1 is 1.38 bits per heavy atom. The normalized spacial score (nSPS) is 24.6. The lowest BCUT2D eigenvalue weighted by Gasteiger charge is -2.36. The molecule has 2 atom stereocenters. The number of piperidine rings is 1. The van der Waals surface area contributed by atoms with Crippen molar-refractivity contribution in [2.75, 3.05) is 25.6 Å². The third kappa shape index (κ3) is 5.03. The molecule has 1 saturated heterocycles. The monoisotopic (exact) mass is 247 g/mol. The molecule has 0 saturated carbocycles. The van der Waals surface area contributed by atoms with E-state index in [2.05, 4.69) is 11.8 Å². The molecule has 1 heterocycles. The van der Waals surface area contributed by atoms with Crippen LogP contribution in [0.4, 0.5) is 0 Å². The first-order chi connectivity index (χ1) is 7.77. The van der Waals surface area contributed by atoms with E-state index in [1.54, 1.807) is 0 Å². The van der Waals surface area contributed by atoms with Crippen LogP contribution in [0.2, 0.25) is 0 Å². The number of likely N-dealkylation sites (tertiary alicyclic amines) is 1. The molecule has 0 bridgehead atoms. The van der Waals surface area contributed by atoms with Crippen molar-refractivity contribution in [1.29, 1.82) is 0 Å². The zero-order valence-corrected chi connectivity index (χ0v) is 11.3. The molecule has 0 aliphatic carbocycles. The van der Waals surface area contributed by atoms with Gasteiger partial charge in [0.05, 0.1) is 0 Å². The van der Waals surface area contributed by atoms with E-state index in [0.29, 0.717) is 12.6 Å².